The van der Waals surface area contributed by atoms with Crippen LogP contribution in [0.2, 0.25) is 0 Å². The van der Waals surface area contributed by atoms with E-state index in [2.05, 4.69) is 166 Å². The zero-order chi connectivity index (χ0) is 42.5. The molecule has 0 N–H and O–H groups in total. The molecule has 0 heterocycles. The summed E-state index contributed by atoms with van der Waals surface area (Å²) >= 11 is 0. The van der Waals surface area contributed by atoms with Crippen molar-refractivity contribution in [1.29, 1.82) is 0 Å². The lowest BCUT2D eigenvalue weighted by Gasteiger charge is -2.34. The maximum atomic E-state index is 17.7. The van der Waals surface area contributed by atoms with E-state index in [4.69, 9.17) is 0 Å². The highest BCUT2D eigenvalue weighted by Gasteiger charge is 2.44. The van der Waals surface area contributed by atoms with Crippen molar-refractivity contribution in [1.82, 2.24) is 0 Å². The molecule has 0 saturated carbocycles. The van der Waals surface area contributed by atoms with Gasteiger partial charge in [-0.2, -0.15) is 0 Å². The summed E-state index contributed by atoms with van der Waals surface area (Å²) in [5.41, 5.74) is 5.48. The lowest BCUT2D eigenvalue weighted by molar-refractivity contribution is 0.398. The van der Waals surface area contributed by atoms with Gasteiger partial charge in [0.2, 0.25) is 0 Å². The Hall–Kier alpha value is -5.49. The monoisotopic (exact) mass is 838 g/mol. The molecule has 0 spiro atoms. The second kappa shape index (κ2) is 16.6. The molecule has 2 heteroatoms. The Balaban J connectivity index is 1.16. The first kappa shape index (κ1) is 40.3. The minimum Gasteiger partial charge on any atom is -0.309 e. The van der Waals surface area contributed by atoms with E-state index in [1.165, 1.54) is 153 Å². The van der Waals surface area contributed by atoms with Gasteiger partial charge in [-0.25, -0.2) is 0 Å². The SMILES string of the molecule is CCCCCCCCC1(CCCCCCCC)c2ccccc2-c2ccc(P(=O)(c3ccc4ccc5cccc6ccc3c4c56)c3ccc4ccc5cccc6ccc3c4c56)cc21. The van der Waals surface area contributed by atoms with E-state index >= 15 is 4.57 Å². The molecule has 0 atom stereocenters. The molecule has 11 rings (SSSR count). The highest BCUT2D eigenvalue weighted by Crippen LogP contribution is 2.56. The van der Waals surface area contributed by atoms with E-state index < -0.39 is 7.14 Å². The standard InChI is InChI=1S/C61H59OP/c1-3-5-7-9-11-15-39-61(40-16-12-10-8-6-4-2)53-24-14-13-23-49(53)50-36-33-48(41-54(50)61)63(62,55-37-31-46-27-25-42-19-17-21-44-29-34-51(55)59(46)57(42)44)56-38-32-47-28-26-43-20-18-22-45-30-35-52(56)60(47)58(43)45/h13-14,17-38,41H,3-12,15-16,39-40H2,1-2H3. The molecule has 0 saturated heterocycles. The van der Waals surface area contributed by atoms with Crippen LogP contribution >= 0.6 is 7.14 Å². The van der Waals surface area contributed by atoms with E-state index in [0.29, 0.717) is 0 Å². The summed E-state index contributed by atoms with van der Waals surface area (Å²) in [4.78, 5) is 0. The highest BCUT2D eigenvalue weighted by atomic mass is 31.2. The Morgan fingerprint density at radius 3 is 1.33 bits per heavy atom. The summed E-state index contributed by atoms with van der Waals surface area (Å²) in [5.74, 6) is 0. The minimum atomic E-state index is -3.57. The van der Waals surface area contributed by atoms with Crippen molar-refractivity contribution in [2.24, 2.45) is 0 Å². The molecular weight excluding hydrogens is 780 g/mol. The molecular formula is C61H59OP. The van der Waals surface area contributed by atoms with Crippen molar-refractivity contribution in [3.05, 3.63) is 163 Å². The van der Waals surface area contributed by atoms with Crippen molar-refractivity contribution in [3.63, 3.8) is 0 Å². The Morgan fingerprint density at radius 1 is 0.381 bits per heavy atom. The molecule has 0 unspecified atom stereocenters. The molecule has 0 bridgehead atoms. The van der Waals surface area contributed by atoms with E-state index in [1.54, 1.807) is 0 Å². The average Bonchev–Trinajstić information content (AvgIpc) is 3.60. The summed E-state index contributed by atoms with van der Waals surface area (Å²) in [7, 11) is -3.57. The van der Waals surface area contributed by atoms with Crippen LogP contribution in [0.4, 0.5) is 0 Å². The van der Waals surface area contributed by atoms with Gasteiger partial charge in [-0.15, -0.1) is 0 Å². The highest BCUT2D eigenvalue weighted by molar-refractivity contribution is 7.86. The zero-order valence-electron chi connectivity index (χ0n) is 37.2. The molecule has 10 aromatic carbocycles. The third-order valence-corrected chi connectivity index (χ3v) is 18.4. The third-order valence-electron chi connectivity index (χ3n) is 15.2. The van der Waals surface area contributed by atoms with Crippen LogP contribution in [-0.4, -0.2) is 0 Å². The maximum absolute atomic E-state index is 17.7. The number of fused-ring (bicyclic) bond motifs is 3. The summed E-state index contributed by atoms with van der Waals surface area (Å²) in [5, 5.41) is 17.3. The molecule has 0 fully saturated rings. The number of hydrogen-bond acceptors (Lipinski definition) is 1. The topological polar surface area (TPSA) is 17.1 Å². The number of benzene rings is 10. The van der Waals surface area contributed by atoms with Gasteiger partial charge in [0.05, 0.1) is 0 Å². The fourth-order valence-electron chi connectivity index (χ4n) is 12.1. The van der Waals surface area contributed by atoms with Crippen molar-refractivity contribution in [2.45, 2.75) is 109 Å². The number of rotatable bonds is 17. The molecule has 0 aliphatic heterocycles. The van der Waals surface area contributed by atoms with Crippen molar-refractivity contribution < 1.29 is 4.57 Å². The van der Waals surface area contributed by atoms with Gasteiger partial charge in [-0.3, -0.25) is 0 Å². The number of unbranched alkanes of at least 4 members (excludes halogenated alkanes) is 10. The molecule has 1 aliphatic rings. The van der Waals surface area contributed by atoms with E-state index in [1.807, 2.05) is 0 Å². The van der Waals surface area contributed by atoms with E-state index in [-0.39, 0.29) is 5.41 Å². The summed E-state index contributed by atoms with van der Waals surface area (Å²) in [6.45, 7) is 4.62. The molecule has 0 aromatic heterocycles. The molecule has 1 aliphatic carbocycles. The van der Waals surface area contributed by atoms with Crippen LogP contribution < -0.4 is 15.9 Å². The summed E-state index contributed by atoms with van der Waals surface area (Å²) in [6, 6.07) is 56.6. The lowest BCUT2D eigenvalue weighted by atomic mass is 9.70. The third kappa shape index (κ3) is 6.52. The minimum absolute atomic E-state index is 0.117. The Bertz CT molecular complexity index is 3120. The van der Waals surface area contributed by atoms with Gasteiger partial charge in [-0.05, 0) is 118 Å². The van der Waals surface area contributed by atoms with Crippen LogP contribution in [0.1, 0.15) is 115 Å². The van der Waals surface area contributed by atoms with Gasteiger partial charge >= 0.3 is 0 Å². The van der Waals surface area contributed by atoms with E-state index in [9.17, 15) is 0 Å². The Labute approximate surface area is 373 Å². The second-order valence-corrected chi connectivity index (χ2v) is 21.6. The van der Waals surface area contributed by atoms with E-state index in [0.717, 1.165) is 39.5 Å². The molecule has 1 nitrogen and oxygen atoms in total. The van der Waals surface area contributed by atoms with Gasteiger partial charge < -0.3 is 4.57 Å². The first-order chi connectivity index (χ1) is 31.0. The molecule has 314 valence electrons. The first-order valence-corrected chi connectivity index (χ1v) is 25.9. The lowest BCUT2D eigenvalue weighted by Crippen LogP contribution is -2.30. The van der Waals surface area contributed by atoms with Crippen LogP contribution in [0.25, 0.3) is 75.8 Å². The largest absolute Gasteiger partial charge is 0.309 e. The molecule has 63 heavy (non-hydrogen) atoms. The maximum Gasteiger partial charge on any atom is 0.172 e. The van der Waals surface area contributed by atoms with Gasteiger partial charge in [0.25, 0.3) is 0 Å². The quantitative estimate of drug-likeness (QED) is 0.0507. The fraction of sp³-hybridized carbons (Fsp3) is 0.279. The summed E-state index contributed by atoms with van der Waals surface area (Å²) in [6.07, 6.45) is 17.6. The van der Waals surface area contributed by atoms with Crippen LogP contribution in [-0.2, 0) is 9.98 Å². The predicted molar refractivity (Wildman–Crippen MR) is 275 cm³/mol. The van der Waals surface area contributed by atoms with Crippen molar-refractivity contribution >= 4 is 87.7 Å². The van der Waals surface area contributed by atoms with Crippen LogP contribution in [0.15, 0.2) is 152 Å². The number of hydrogen-bond donors (Lipinski definition) is 0. The van der Waals surface area contributed by atoms with Crippen molar-refractivity contribution in [2.75, 3.05) is 0 Å². The van der Waals surface area contributed by atoms with Crippen LogP contribution in [0, 0.1) is 0 Å². The average molecular weight is 839 g/mol. The van der Waals surface area contributed by atoms with Gasteiger partial charge in [0.15, 0.2) is 7.14 Å². The first-order valence-electron chi connectivity index (χ1n) is 24.2. The molecule has 10 aromatic rings. The van der Waals surface area contributed by atoms with Crippen molar-refractivity contribution in [3.8, 4) is 11.1 Å². The smallest absolute Gasteiger partial charge is 0.172 e. The second-order valence-electron chi connectivity index (χ2n) is 18.9. The Morgan fingerprint density at radius 2 is 0.810 bits per heavy atom. The summed E-state index contributed by atoms with van der Waals surface area (Å²) < 4.78 is 17.7. The van der Waals surface area contributed by atoms with Crippen LogP contribution in [0.3, 0.4) is 0 Å². The molecule has 0 radical (unpaired) electrons. The van der Waals surface area contributed by atoms with Gasteiger partial charge in [0.1, 0.15) is 0 Å². The van der Waals surface area contributed by atoms with Gasteiger partial charge in [-0.1, -0.05) is 224 Å². The molecule has 0 amide bonds. The van der Waals surface area contributed by atoms with Crippen LogP contribution in [0.5, 0.6) is 0 Å². The fourth-order valence-corrected chi connectivity index (χ4v) is 15.1. The normalized spacial score (nSPS) is 13.7. The predicted octanol–water partition coefficient (Wildman–Crippen LogP) is 16.9. The Kier molecular flexibility index (Phi) is 10.6. The zero-order valence-corrected chi connectivity index (χ0v) is 38.1. The van der Waals surface area contributed by atoms with Gasteiger partial charge in [0, 0.05) is 21.3 Å².